The average molecular weight is 371 g/mol. The molecule has 2 amide bonds. The van der Waals surface area contributed by atoms with E-state index >= 15 is 0 Å². The first kappa shape index (κ1) is 18.3. The molecule has 0 N–H and O–H groups in total. The van der Waals surface area contributed by atoms with Crippen molar-refractivity contribution in [1.29, 1.82) is 0 Å². The van der Waals surface area contributed by atoms with Crippen molar-refractivity contribution in [2.75, 3.05) is 39.3 Å². The number of anilines is 1. The summed E-state index contributed by atoms with van der Waals surface area (Å²) in [5.41, 5.74) is 2.95. The van der Waals surface area contributed by atoms with Crippen LogP contribution < -0.4 is 4.90 Å². The number of methoxy groups -OCH3 is 1. The summed E-state index contributed by atoms with van der Waals surface area (Å²) in [4.78, 5) is 28.2. The van der Waals surface area contributed by atoms with E-state index in [9.17, 15) is 9.59 Å². The number of hydrogen-bond donors (Lipinski definition) is 0. The van der Waals surface area contributed by atoms with Crippen molar-refractivity contribution in [3.63, 3.8) is 0 Å². The zero-order valence-electron chi connectivity index (χ0n) is 15.0. The third kappa shape index (κ3) is 3.68. The van der Waals surface area contributed by atoms with Crippen LogP contribution in [0.2, 0.25) is 0 Å². The van der Waals surface area contributed by atoms with E-state index in [0.717, 1.165) is 28.8 Å². The Labute approximate surface area is 157 Å². The van der Waals surface area contributed by atoms with Gasteiger partial charge in [0.2, 0.25) is 0 Å². The second-order valence-electron chi connectivity index (χ2n) is 6.04. The maximum atomic E-state index is 12.5. The van der Waals surface area contributed by atoms with E-state index in [1.165, 1.54) is 4.90 Å². The van der Waals surface area contributed by atoms with E-state index in [0.29, 0.717) is 11.5 Å². The van der Waals surface area contributed by atoms with Gasteiger partial charge in [-0.05, 0) is 54.2 Å². The fraction of sp³-hybridized carbons (Fsp3) is 0.263. The van der Waals surface area contributed by atoms with Crippen LogP contribution in [0.3, 0.4) is 0 Å². The van der Waals surface area contributed by atoms with Gasteiger partial charge in [-0.2, -0.15) is 0 Å². The molecule has 1 fully saturated rings. The Kier molecular flexibility index (Phi) is 5.49. The van der Waals surface area contributed by atoms with Gasteiger partial charge in [0.05, 0.1) is 18.1 Å². The third-order valence-corrected chi connectivity index (χ3v) is 5.00. The molecule has 0 saturated carbocycles. The number of hydrogen-bond acceptors (Lipinski definition) is 5. The Morgan fingerprint density at radius 2 is 1.88 bits per heavy atom. The van der Waals surface area contributed by atoms with Gasteiger partial charge in [-0.1, -0.05) is 0 Å². The fourth-order valence-electron chi connectivity index (χ4n) is 2.67. The number of imide groups is 1. The normalized spacial score (nSPS) is 16.0. The molecule has 136 valence electrons. The average Bonchev–Trinajstić information content (AvgIpc) is 3.19. The predicted octanol–water partition coefficient (Wildman–Crippen LogP) is 3.23. The van der Waals surface area contributed by atoms with Crippen LogP contribution in [0.1, 0.15) is 5.69 Å². The van der Waals surface area contributed by atoms with Crippen molar-refractivity contribution in [2.24, 2.45) is 0 Å². The monoisotopic (exact) mass is 371 g/mol. The molecule has 0 radical (unpaired) electrons. The van der Waals surface area contributed by atoms with E-state index in [4.69, 9.17) is 4.74 Å². The largest absolute Gasteiger partial charge is 0.383 e. The Hall–Kier alpha value is -2.51. The highest BCUT2D eigenvalue weighted by Gasteiger charge is 2.34. The zero-order chi connectivity index (χ0) is 18.7. The quantitative estimate of drug-likeness (QED) is 0.730. The summed E-state index contributed by atoms with van der Waals surface area (Å²) in [6, 6.07) is 12.0. The topological polar surface area (TPSA) is 54.8 Å². The van der Waals surface area contributed by atoms with Crippen LogP contribution in [-0.4, -0.2) is 55.0 Å². The molecule has 0 bridgehead atoms. The molecular weight excluding hydrogens is 350 g/mol. The molecule has 2 heterocycles. The van der Waals surface area contributed by atoms with Crippen LogP contribution >= 0.6 is 11.8 Å². The molecule has 1 saturated heterocycles. The molecule has 1 aromatic heterocycles. The lowest BCUT2D eigenvalue weighted by molar-refractivity contribution is -0.123. The van der Waals surface area contributed by atoms with Gasteiger partial charge in [0.15, 0.2) is 0 Å². The van der Waals surface area contributed by atoms with Crippen molar-refractivity contribution in [3.8, 4) is 5.69 Å². The van der Waals surface area contributed by atoms with Gasteiger partial charge in [0, 0.05) is 44.5 Å². The molecule has 7 heteroatoms. The van der Waals surface area contributed by atoms with Crippen LogP contribution in [-0.2, 0) is 9.53 Å². The molecule has 1 aliphatic rings. The van der Waals surface area contributed by atoms with Crippen LogP contribution in [0.5, 0.6) is 0 Å². The van der Waals surface area contributed by atoms with Gasteiger partial charge < -0.3 is 14.2 Å². The molecule has 26 heavy (non-hydrogen) atoms. The maximum Gasteiger partial charge on any atom is 0.293 e. The Morgan fingerprint density at radius 1 is 1.15 bits per heavy atom. The first-order valence-electron chi connectivity index (χ1n) is 8.20. The van der Waals surface area contributed by atoms with Gasteiger partial charge in [-0.3, -0.25) is 14.5 Å². The summed E-state index contributed by atoms with van der Waals surface area (Å²) < 4.78 is 6.95. The summed E-state index contributed by atoms with van der Waals surface area (Å²) in [5, 5.41) is -0.258. The van der Waals surface area contributed by atoms with Gasteiger partial charge in [0.25, 0.3) is 11.1 Å². The molecule has 3 rings (SSSR count). The number of benzene rings is 1. The lowest BCUT2D eigenvalue weighted by Crippen LogP contribution is -2.31. The lowest BCUT2D eigenvalue weighted by atomic mass is 10.2. The summed E-state index contributed by atoms with van der Waals surface area (Å²) >= 11 is 0.964. The van der Waals surface area contributed by atoms with E-state index < -0.39 is 0 Å². The van der Waals surface area contributed by atoms with Crippen molar-refractivity contribution >= 4 is 34.7 Å². The van der Waals surface area contributed by atoms with Crippen LogP contribution in [0.25, 0.3) is 11.8 Å². The number of ether oxygens (including phenoxy) is 1. The van der Waals surface area contributed by atoms with Gasteiger partial charge in [0.1, 0.15) is 0 Å². The molecule has 0 aliphatic carbocycles. The lowest BCUT2D eigenvalue weighted by Gasteiger charge is -2.14. The minimum absolute atomic E-state index is 0.258. The van der Waals surface area contributed by atoms with E-state index in [1.54, 1.807) is 13.2 Å². The number of thioether (sulfide) groups is 1. The number of amides is 2. The standard InChI is InChI=1S/C19H21N3O3S/c1-20(2)14-6-8-15(9-7-14)21-10-4-5-16(21)13-17-18(23)22(11-12-25-3)19(24)26-17/h4-10,13H,11-12H2,1-3H3/b17-13+. The number of aromatic nitrogens is 1. The van der Waals surface area contributed by atoms with Crippen LogP contribution in [0.15, 0.2) is 47.5 Å². The molecule has 6 nitrogen and oxygen atoms in total. The van der Waals surface area contributed by atoms with E-state index in [2.05, 4.69) is 0 Å². The minimum Gasteiger partial charge on any atom is -0.383 e. The van der Waals surface area contributed by atoms with Crippen molar-refractivity contribution in [2.45, 2.75) is 0 Å². The Bertz CT molecular complexity index is 840. The highest BCUT2D eigenvalue weighted by Crippen LogP contribution is 2.32. The van der Waals surface area contributed by atoms with Gasteiger partial charge >= 0.3 is 0 Å². The Balaban J connectivity index is 1.86. The summed E-state index contributed by atoms with van der Waals surface area (Å²) in [6.07, 6.45) is 3.70. The molecule has 0 spiro atoms. The van der Waals surface area contributed by atoms with E-state index in [1.807, 2.05) is 66.2 Å². The first-order valence-corrected chi connectivity index (χ1v) is 9.02. The van der Waals surface area contributed by atoms with Crippen molar-refractivity contribution in [3.05, 3.63) is 53.2 Å². The second-order valence-corrected chi connectivity index (χ2v) is 7.03. The fourth-order valence-corrected chi connectivity index (χ4v) is 3.52. The third-order valence-electron chi connectivity index (χ3n) is 4.10. The van der Waals surface area contributed by atoms with Crippen molar-refractivity contribution < 1.29 is 14.3 Å². The first-order chi connectivity index (χ1) is 12.5. The molecule has 1 aromatic carbocycles. The number of carbonyl (C=O) groups excluding carboxylic acids is 2. The SMILES string of the molecule is COCCN1C(=O)S/C(=C/c2cccn2-c2ccc(N(C)C)cc2)C1=O. The van der Waals surface area contributed by atoms with Crippen LogP contribution in [0.4, 0.5) is 10.5 Å². The van der Waals surface area contributed by atoms with Crippen LogP contribution in [0, 0.1) is 0 Å². The second kappa shape index (κ2) is 7.80. The number of nitrogens with zero attached hydrogens (tertiary/aromatic N) is 3. The highest BCUT2D eigenvalue weighted by molar-refractivity contribution is 8.18. The highest BCUT2D eigenvalue weighted by atomic mass is 32.2. The zero-order valence-corrected chi connectivity index (χ0v) is 15.8. The molecule has 1 aliphatic heterocycles. The molecular formula is C19H21N3O3S. The van der Waals surface area contributed by atoms with Gasteiger partial charge in [-0.15, -0.1) is 0 Å². The summed E-state index contributed by atoms with van der Waals surface area (Å²) in [5.74, 6) is -0.271. The maximum absolute atomic E-state index is 12.5. The number of carbonyl (C=O) groups is 2. The summed E-state index contributed by atoms with van der Waals surface area (Å²) in [6.45, 7) is 0.603. The molecule has 0 unspecified atom stereocenters. The number of rotatable bonds is 6. The molecule has 2 aromatic rings. The Morgan fingerprint density at radius 3 is 2.54 bits per heavy atom. The smallest absolute Gasteiger partial charge is 0.293 e. The minimum atomic E-state index is -0.271. The van der Waals surface area contributed by atoms with E-state index in [-0.39, 0.29) is 17.7 Å². The van der Waals surface area contributed by atoms with Crippen molar-refractivity contribution in [1.82, 2.24) is 9.47 Å². The van der Waals surface area contributed by atoms with Gasteiger partial charge in [-0.25, -0.2) is 0 Å². The summed E-state index contributed by atoms with van der Waals surface area (Å²) in [7, 11) is 5.54. The predicted molar refractivity (Wildman–Crippen MR) is 105 cm³/mol. The molecule has 0 atom stereocenters.